The number of aromatic nitrogens is 1. The van der Waals surface area contributed by atoms with Crippen molar-refractivity contribution in [3.05, 3.63) is 77.6 Å². The van der Waals surface area contributed by atoms with Crippen LogP contribution in [0.15, 0.2) is 65.9 Å². The molecule has 1 atom stereocenters. The molecule has 3 rings (SSSR count). The van der Waals surface area contributed by atoms with Crippen LogP contribution in [0, 0.1) is 0 Å². The van der Waals surface area contributed by atoms with Gasteiger partial charge in [-0.3, -0.25) is 14.9 Å². The molecule has 1 aromatic heterocycles. The molecule has 0 aliphatic carbocycles. The Kier molecular flexibility index (Phi) is 7.29. The molecule has 0 bridgehead atoms. The molecule has 1 aliphatic heterocycles. The van der Waals surface area contributed by atoms with E-state index in [0.717, 1.165) is 31.5 Å². The smallest absolute Gasteiger partial charge is 0.0993 e. The minimum absolute atomic E-state index is 0.147. The highest BCUT2D eigenvalue weighted by molar-refractivity contribution is 6.09. The van der Waals surface area contributed by atoms with Gasteiger partial charge in [0.05, 0.1) is 6.17 Å². The molecule has 0 saturated carbocycles. The normalized spacial score (nSPS) is 17.0. The third kappa shape index (κ3) is 5.24. The fourth-order valence-electron chi connectivity index (χ4n) is 3.51. The Morgan fingerprint density at radius 1 is 1.32 bits per heavy atom. The van der Waals surface area contributed by atoms with E-state index in [1.165, 1.54) is 22.3 Å². The number of hydrogen-bond donors (Lipinski definition) is 1. The summed E-state index contributed by atoms with van der Waals surface area (Å²) in [4.78, 5) is 11.5. The van der Waals surface area contributed by atoms with Crippen LogP contribution in [0.3, 0.4) is 0 Å². The predicted molar refractivity (Wildman–Crippen MR) is 119 cm³/mol. The fourth-order valence-corrected chi connectivity index (χ4v) is 3.51. The lowest BCUT2D eigenvalue weighted by Crippen LogP contribution is -2.35. The Morgan fingerprint density at radius 3 is 2.89 bits per heavy atom. The summed E-state index contributed by atoms with van der Waals surface area (Å²) < 4.78 is 0. The molecule has 4 nitrogen and oxygen atoms in total. The van der Waals surface area contributed by atoms with Gasteiger partial charge in [-0.2, -0.15) is 0 Å². The van der Waals surface area contributed by atoms with E-state index in [-0.39, 0.29) is 6.17 Å². The number of nitrogens with zero attached hydrogens (tertiary/aromatic N) is 3. The maximum atomic E-state index is 5.69. The highest BCUT2D eigenvalue weighted by Crippen LogP contribution is 2.23. The van der Waals surface area contributed by atoms with E-state index >= 15 is 0 Å². The van der Waals surface area contributed by atoms with E-state index in [4.69, 9.17) is 10.7 Å². The molecule has 0 fully saturated rings. The third-order valence-corrected chi connectivity index (χ3v) is 5.24. The molecule has 0 saturated heterocycles. The topological polar surface area (TPSA) is 54.5 Å². The van der Waals surface area contributed by atoms with Crippen molar-refractivity contribution in [1.29, 1.82) is 0 Å². The van der Waals surface area contributed by atoms with E-state index in [2.05, 4.69) is 66.2 Å². The van der Waals surface area contributed by atoms with Crippen molar-refractivity contribution in [2.75, 3.05) is 19.6 Å². The van der Waals surface area contributed by atoms with Crippen molar-refractivity contribution < 1.29 is 0 Å². The van der Waals surface area contributed by atoms with Crippen molar-refractivity contribution in [2.24, 2.45) is 10.7 Å². The maximum Gasteiger partial charge on any atom is 0.0993 e. The fraction of sp³-hybridized carbons (Fsp3) is 0.333. The summed E-state index contributed by atoms with van der Waals surface area (Å²) >= 11 is 0. The SMILES string of the molecule is C/C=C(\C=NC(C)N1CC=C(c2cccnc2)CC1)c1cccc(CCN)c1. The van der Waals surface area contributed by atoms with Gasteiger partial charge in [-0.25, -0.2) is 0 Å². The molecular formula is C24H30N4. The van der Waals surface area contributed by atoms with Gasteiger partial charge in [-0.15, -0.1) is 0 Å². The lowest BCUT2D eigenvalue weighted by molar-refractivity contribution is 0.238. The van der Waals surface area contributed by atoms with Crippen LogP contribution in [0.2, 0.25) is 0 Å². The van der Waals surface area contributed by atoms with Gasteiger partial charge in [-0.1, -0.05) is 42.5 Å². The monoisotopic (exact) mass is 374 g/mol. The summed E-state index contributed by atoms with van der Waals surface area (Å²) in [7, 11) is 0. The summed E-state index contributed by atoms with van der Waals surface area (Å²) in [6.07, 6.45) is 12.3. The quantitative estimate of drug-likeness (QED) is 0.739. The third-order valence-electron chi connectivity index (χ3n) is 5.24. The average Bonchev–Trinajstić information content (AvgIpc) is 2.75. The minimum Gasteiger partial charge on any atom is -0.330 e. The van der Waals surface area contributed by atoms with Crippen LogP contribution in [-0.4, -0.2) is 41.9 Å². The lowest BCUT2D eigenvalue weighted by Gasteiger charge is -2.29. The van der Waals surface area contributed by atoms with Crippen LogP contribution in [0.4, 0.5) is 0 Å². The number of hydrogen-bond acceptors (Lipinski definition) is 4. The van der Waals surface area contributed by atoms with Crippen LogP contribution < -0.4 is 5.73 Å². The van der Waals surface area contributed by atoms with Gasteiger partial charge in [-0.05, 0) is 67.1 Å². The molecule has 2 aromatic rings. The molecule has 4 heteroatoms. The zero-order valence-electron chi connectivity index (χ0n) is 16.9. The van der Waals surface area contributed by atoms with Crippen molar-refractivity contribution >= 4 is 17.4 Å². The molecule has 1 aromatic carbocycles. The molecule has 146 valence electrons. The first kappa shape index (κ1) is 20.2. The highest BCUT2D eigenvalue weighted by atomic mass is 15.2. The van der Waals surface area contributed by atoms with Gasteiger partial charge in [0, 0.05) is 31.7 Å². The van der Waals surface area contributed by atoms with Crippen LogP contribution >= 0.6 is 0 Å². The standard InChI is InChI=1S/C24H30N4/c1-3-21(23-7-4-6-20(16-23)9-12-25)18-27-19(2)28-14-10-22(11-15-28)24-8-5-13-26-17-24/h3-8,10,13,16-19H,9,11-12,14-15,25H2,1-2H3/b21-3+,27-18?. The molecule has 0 spiro atoms. The highest BCUT2D eigenvalue weighted by Gasteiger charge is 2.17. The van der Waals surface area contributed by atoms with Crippen molar-refractivity contribution in [3.8, 4) is 0 Å². The van der Waals surface area contributed by atoms with Gasteiger partial charge < -0.3 is 5.73 Å². The van der Waals surface area contributed by atoms with Gasteiger partial charge in [0.15, 0.2) is 0 Å². The zero-order chi connectivity index (χ0) is 19.8. The molecule has 1 unspecified atom stereocenters. The number of rotatable bonds is 7. The van der Waals surface area contributed by atoms with E-state index in [1.807, 2.05) is 24.7 Å². The van der Waals surface area contributed by atoms with Gasteiger partial charge in [0.1, 0.15) is 0 Å². The van der Waals surface area contributed by atoms with Gasteiger partial charge in [0.25, 0.3) is 0 Å². The molecule has 1 aliphatic rings. The Labute approximate surface area is 168 Å². The van der Waals surface area contributed by atoms with Crippen LogP contribution in [-0.2, 0) is 6.42 Å². The summed E-state index contributed by atoms with van der Waals surface area (Å²) in [5.74, 6) is 0. The summed E-state index contributed by atoms with van der Waals surface area (Å²) in [6.45, 7) is 6.82. The van der Waals surface area contributed by atoms with Crippen LogP contribution in [0.1, 0.15) is 37.0 Å². The zero-order valence-corrected chi connectivity index (χ0v) is 16.9. The second kappa shape index (κ2) is 10.1. The first-order valence-electron chi connectivity index (χ1n) is 10.0. The Hall–Kier alpha value is -2.56. The number of aliphatic imine (C=N–C) groups is 1. The molecule has 2 heterocycles. The van der Waals surface area contributed by atoms with E-state index in [1.54, 1.807) is 0 Å². The Morgan fingerprint density at radius 2 is 2.21 bits per heavy atom. The Bertz CT molecular complexity index is 852. The molecule has 28 heavy (non-hydrogen) atoms. The summed E-state index contributed by atoms with van der Waals surface area (Å²) in [6, 6.07) is 12.7. The van der Waals surface area contributed by atoms with Crippen LogP contribution in [0.5, 0.6) is 0 Å². The average molecular weight is 375 g/mol. The first-order valence-corrected chi connectivity index (χ1v) is 10.0. The summed E-state index contributed by atoms with van der Waals surface area (Å²) in [5, 5.41) is 0. The molecule has 2 N–H and O–H groups in total. The van der Waals surface area contributed by atoms with E-state index < -0.39 is 0 Å². The summed E-state index contributed by atoms with van der Waals surface area (Å²) in [5.41, 5.74) is 11.9. The second-order valence-corrected chi connectivity index (χ2v) is 7.11. The van der Waals surface area contributed by atoms with Crippen LogP contribution in [0.25, 0.3) is 11.1 Å². The largest absolute Gasteiger partial charge is 0.330 e. The van der Waals surface area contributed by atoms with Gasteiger partial charge in [0.2, 0.25) is 0 Å². The second-order valence-electron chi connectivity index (χ2n) is 7.11. The molecule has 0 amide bonds. The minimum atomic E-state index is 0.147. The van der Waals surface area contributed by atoms with Crippen molar-refractivity contribution in [2.45, 2.75) is 32.9 Å². The number of nitrogens with two attached hydrogens (primary N) is 1. The van der Waals surface area contributed by atoms with E-state index in [9.17, 15) is 0 Å². The van der Waals surface area contributed by atoms with Gasteiger partial charge >= 0.3 is 0 Å². The van der Waals surface area contributed by atoms with E-state index in [0.29, 0.717) is 6.54 Å². The lowest BCUT2D eigenvalue weighted by atomic mass is 10.0. The number of benzene rings is 1. The van der Waals surface area contributed by atoms with Crippen molar-refractivity contribution in [3.63, 3.8) is 0 Å². The molecular weight excluding hydrogens is 344 g/mol. The van der Waals surface area contributed by atoms with Crippen molar-refractivity contribution in [1.82, 2.24) is 9.88 Å². The Balaban J connectivity index is 1.64. The maximum absolute atomic E-state index is 5.69. The number of allylic oxidation sites excluding steroid dienone is 2. The first-order chi connectivity index (χ1) is 13.7. The molecule has 0 radical (unpaired) electrons. The predicted octanol–water partition coefficient (Wildman–Crippen LogP) is 4.19. The number of pyridine rings is 1.